The van der Waals surface area contributed by atoms with Crippen LogP contribution in [-0.2, 0) is 0 Å². The maximum absolute atomic E-state index is 12.5. The molecule has 10 heteroatoms. The normalized spacial score (nSPS) is 11.4. The van der Waals surface area contributed by atoms with Gasteiger partial charge in [0.1, 0.15) is 11.4 Å². The first kappa shape index (κ1) is 19.1. The summed E-state index contributed by atoms with van der Waals surface area (Å²) in [5.41, 5.74) is 5.97. The molecule has 0 radical (unpaired) electrons. The molecular weight excluding hydrogens is 411 g/mol. The molecule has 3 rings (SSSR count). The van der Waals surface area contributed by atoms with Crippen LogP contribution in [0.3, 0.4) is 0 Å². The Hall–Kier alpha value is -2.68. The van der Waals surface area contributed by atoms with E-state index < -0.39 is 11.8 Å². The van der Waals surface area contributed by atoms with Crippen molar-refractivity contribution in [2.75, 3.05) is 7.11 Å². The first-order valence-corrected chi connectivity index (χ1v) is 9.01. The molecule has 27 heavy (non-hydrogen) atoms. The maximum Gasteiger partial charge on any atom is 0.279 e. The number of aromatic nitrogens is 2. The molecule has 7 nitrogen and oxygen atoms in total. The van der Waals surface area contributed by atoms with E-state index in [1.165, 1.54) is 29.4 Å². The molecule has 1 heterocycles. The highest BCUT2D eigenvalue weighted by molar-refractivity contribution is 7.04. The molecule has 0 atom stereocenters. The number of carbonyl (C=O) groups excluding carboxylic acids is 2. The largest absolute Gasteiger partial charge is 0.494 e. The van der Waals surface area contributed by atoms with Crippen molar-refractivity contribution in [2.45, 2.75) is 0 Å². The summed E-state index contributed by atoms with van der Waals surface area (Å²) in [6.07, 6.45) is 0. The van der Waals surface area contributed by atoms with Gasteiger partial charge in [-0.3, -0.25) is 9.59 Å². The van der Waals surface area contributed by atoms with Crippen LogP contribution in [0.15, 0.2) is 47.5 Å². The molecule has 138 valence electrons. The van der Waals surface area contributed by atoms with Gasteiger partial charge in [0, 0.05) is 5.02 Å². The summed E-state index contributed by atoms with van der Waals surface area (Å²) in [5.74, 6) is -0.922. The number of methoxy groups -OCH3 is 1. The van der Waals surface area contributed by atoms with Crippen LogP contribution in [0.1, 0.15) is 20.8 Å². The lowest BCUT2D eigenvalue weighted by Gasteiger charge is -2.05. The Morgan fingerprint density at radius 2 is 1.96 bits per heavy atom. The lowest BCUT2D eigenvalue weighted by atomic mass is 10.2. The van der Waals surface area contributed by atoms with Crippen molar-refractivity contribution in [3.05, 3.63) is 68.4 Å². The van der Waals surface area contributed by atoms with Gasteiger partial charge in [0.15, 0.2) is 10.4 Å². The third kappa shape index (κ3) is 4.02. The van der Waals surface area contributed by atoms with Gasteiger partial charge in [-0.15, -0.1) is 5.10 Å². The number of hydrogen-bond acceptors (Lipinski definition) is 5. The second-order valence-electron chi connectivity index (χ2n) is 5.20. The summed E-state index contributed by atoms with van der Waals surface area (Å²) in [6.45, 7) is 0. The van der Waals surface area contributed by atoms with E-state index in [0.717, 1.165) is 11.5 Å². The van der Waals surface area contributed by atoms with Gasteiger partial charge in [-0.2, -0.15) is 9.06 Å². The van der Waals surface area contributed by atoms with Crippen molar-refractivity contribution in [3.8, 4) is 11.4 Å². The lowest BCUT2D eigenvalue weighted by Crippen LogP contribution is -2.21. The van der Waals surface area contributed by atoms with Crippen molar-refractivity contribution >= 4 is 46.5 Å². The minimum absolute atomic E-state index is 0.0597. The SMILES string of the molecule is COc1ccccc1-n1nc(C(N)=O)c(=NC(=O)c2ccc(Cl)cc2Cl)s1. The smallest absolute Gasteiger partial charge is 0.279 e. The van der Waals surface area contributed by atoms with Gasteiger partial charge in [0.05, 0.1) is 17.7 Å². The maximum atomic E-state index is 12.5. The van der Waals surface area contributed by atoms with E-state index in [1.807, 2.05) is 0 Å². The highest BCUT2D eigenvalue weighted by atomic mass is 35.5. The van der Waals surface area contributed by atoms with Crippen molar-refractivity contribution in [1.82, 2.24) is 9.17 Å². The summed E-state index contributed by atoms with van der Waals surface area (Å²) in [7, 11) is 1.51. The van der Waals surface area contributed by atoms with Gasteiger partial charge < -0.3 is 10.5 Å². The van der Waals surface area contributed by atoms with E-state index in [2.05, 4.69) is 10.1 Å². The van der Waals surface area contributed by atoms with Gasteiger partial charge in [-0.25, -0.2) is 0 Å². The fourth-order valence-corrected chi connectivity index (χ4v) is 3.59. The van der Waals surface area contributed by atoms with E-state index in [9.17, 15) is 9.59 Å². The number of hydrogen-bond donors (Lipinski definition) is 1. The summed E-state index contributed by atoms with van der Waals surface area (Å²) in [6, 6.07) is 11.5. The zero-order chi connectivity index (χ0) is 19.6. The van der Waals surface area contributed by atoms with Crippen LogP contribution in [0.4, 0.5) is 0 Å². The van der Waals surface area contributed by atoms with Crippen LogP contribution >= 0.6 is 34.7 Å². The number of ether oxygens (including phenoxy) is 1. The molecule has 2 amide bonds. The molecule has 0 unspecified atom stereocenters. The molecule has 0 fully saturated rings. The zero-order valence-corrected chi connectivity index (χ0v) is 16.2. The van der Waals surface area contributed by atoms with E-state index in [0.29, 0.717) is 16.5 Å². The zero-order valence-electron chi connectivity index (χ0n) is 13.8. The van der Waals surface area contributed by atoms with E-state index >= 15 is 0 Å². The van der Waals surface area contributed by atoms with E-state index in [-0.39, 0.29) is 21.0 Å². The van der Waals surface area contributed by atoms with Crippen molar-refractivity contribution in [1.29, 1.82) is 0 Å². The summed E-state index contributed by atoms with van der Waals surface area (Å²) < 4.78 is 6.76. The Bertz CT molecular complexity index is 1110. The van der Waals surface area contributed by atoms with Crippen LogP contribution in [0.25, 0.3) is 5.69 Å². The van der Waals surface area contributed by atoms with Crippen LogP contribution < -0.4 is 15.1 Å². The van der Waals surface area contributed by atoms with Crippen LogP contribution in [-0.4, -0.2) is 28.1 Å². The quantitative estimate of drug-likeness (QED) is 0.697. The second-order valence-corrected chi connectivity index (χ2v) is 6.95. The lowest BCUT2D eigenvalue weighted by molar-refractivity contribution is 0.0994. The standard InChI is InChI=1S/C17H12Cl2N4O3S/c1-26-13-5-3-2-4-12(13)23-22-14(15(20)24)17(27-23)21-16(25)10-7-6-9(18)8-11(10)19/h2-8H,1H3,(H2,20,24). The van der Waals surface area contributed by atoms with Crippen LogP contribution in [0, 0.1) is 0 Å². The number of benzene rings is 2. The summed E-state index contributed by atoms with van der Waals surface area (Å²) in [4.78, 5) is 28.2. The monoisotopic (exact) mass is 422 g/mol. The Morgan fingerprint density at radius 1 is 1.22 bits per heavy atom. The number of nitrogens with two attached hydrogens (primary N) is 1. The molecule has 0 saturated heterocycles. The third-order valence-electron chi connectivity index (χ3n) is 3.46. The van der Waals surface area contributed by atoms with Crippen molar-refractivity contribution in [2.24, 2.45) is 10.7 Å². The van der Waals surface area contributed by atoms with Gasteiger partial charge in [0.25, 0.3) is 11.8 Å². The van der Waals surface area contributed by atoms with Crippen molar-refractivity contribution < 1.29 is 14.3 Å². The van der Waals surface area contributed by atoms with Gasteiger partial charge in [0.2, 0.25) is 0 Å². The molecule has 2 aromatic carbocycles. The van der Waals surface area contributed by atoms with Gasteiger partial charge in [-0.05, 0) is 41.9 Å². The topological polar surface area (TPSA) is 99.6 Å². The predicted molar refractivity (Wildman–Crippen MR) is 103 cm³/mol. The fourth-order valence-electron chi connectivity index (χ4n) is 2.21. The number of rotatable bonds is 4. The van der Waals surface area contributed by atoms with Crippen LogP contribution in [0.2, 0.25) is 10.0 Å². The minimum Gasteiger partial charge on any atom is -0.494 e. The molecule has 2 N–H and O–H groups in total. The van der Waals surface area contributed by atoms with Gasteiger partial charge >= 0.3 is 0 Å². The second kappa shape index (κ2) is 7.91. The molecule has 1 aromatic heterocycles. The number of primary amides is 1. The van der Waals surface area contributed by atoms with Crippen LogP contribution in [0.5, 0.6) is 5.75 Å². The molecular formula is C17H12Cl2N4O3S. The Morgan fingerprint density at radius 3 is 2.63 bits per heavy atom. The predicted octanol–water partition coefficient (Wildman–Crippen LogP) is 3.09. The molecule has 0 spiro atoms. The minimum atomic E-state index is -0.811. The molecule has 3 aromatic rings. The van der Waals surface area contributed by atoms with Gasteiger partial charge in [-0.1, -0.05) is 35.3 Å². The fraction of sp³-hybridized carbons (Fsp3) is 0.0588. The average molecular weight is 423 g/mol. The van der Waals surface area contributed by atoms with E-state index in [1.54, 1.807) is 24.3 Å². The highest BCUT2D eigenvalue weighted by Crippen LogP contribution is 2.23. The number of nitrogens with zero attached hydrogens (tertiary/aromatic N) is 3. The molecule has 0 aliphatic carbocycles. The molecule has 0 aliphatic heterocycles. The molecule has 0 bridgehead atoms. The summed E-state index contributed by atoms with van der Waals surface area (Å²) >= 11 is 12.9. The Balaban J connectivity index is 2.12. The number of carbonyl (C=O) groups is 2. The molecule has 0 aliphatic rings. The van der Waals surface area contributed by atoms with E-state index in [4.69, 9.17) is 33.7 Å². The number of para-hydroxylation sites is 2. The highest BCUT2D eigenvalue weighted by Gasteiger charge is 2.17. The Kier molecular flexibility index (Phi) is 5.59. The summed E-state index contributed by atoms with van der Waals surface area (Å²) in [5, 5.41) is 4.69. The number of amides is 2. The molecule has 0 saturated carbocycles. The first-order valence-electron chi connectivity index (χ1n) is 7.48. The Labute approximate surface area is 167 Å². The third-order valence-corrected chi connectivity index (χ3v) is 4.91. The average Bonchev–Trinajstić information content (AvgIpc) is 3.05. The number of halogens is 2. The first-order chi connectivity index (χ1) is 12.9. The van der Waals surface area contributed by atoms with Crippen molar-refractivity contribution in [3.63, 3.8) is 0 Å².